The van der Waals surface area contributed by atoms with Crippen LogP contribution in [0.15, 0.2) is 23.5 Å². The minimum absolute atomic E-state index is 0.889. The Labute approximate surface area is 112 Å². The van der Waals surface area contributed by atoms with E-state index in [9.17, 15) is 0 Å². The number of aromatic nitrogens is 4. The summed E-state index contributed by atoms with van der Waals surface area (Å²) < 4.78 is 2.05. The van der Waals surface area contributed by atoms with Crippen LogP contribution in [0.25, 0.3) is 11.4 Å². The van der Waals surface area contributed by atoms with E-state index in [0.717, 1.165) is 28.0 Å². The van der Waals surface area contributed by atoms with Crippen molar-refractivity contribution >= 4 is 11.8 Å². The lowest BCUT2D eigenvalue weighted by Gasteiger charge is -2.05. The van der Waals surface area contributed by atoms with Crippen LogP contribution < -0.4 is 0 Å². The van der Waals surface area contributed by atoms with Crippen LogP contribution in [0.4, 0.5) is 0 Å². The molecule has 2 heterocycles. The number of hydrogen-bond donors (Lipinski definition) is 0. The molecule has 0 atom stereocenters. The van der Waals surface area contributed by atoms with E-state index in [-0.39, 0.29) is 0 Å². The summed E-state index contributed by atoms with van der Waals surface area (Å²) in [6, 6.07) is 3.97. The summed E-state index contributed by atoms with van der Waals surface area (Å²) in [5.74, 6) is 1.98. The summed E-state index contributed by atoms with van der Waals surface area (Å²) in [5.41, 5.74) is 2.04. The topological polar surface area (TPSA) is 43.6 Å². The van der Waals surface area contributed by atoms with Gasteiger partial charge in [0, 0.05) is 30.3 Å². The van der Waals surface area contributed by atoms with Gasteiger partial charge in [0.15, 0.2) is 11.0 Å². The van der Waals surface area contributed by atoms with Gasteiger partial charge in [0.25, 0.3) is 0 Å². The van der Waals surface area contributed by atoms with Gasteiger partial charge in [-0.15, -0.1) is 10.2 Å². The van der Waals surface area contributed by atoms with Crippen molar-refractivity contribution in [3.05, 3.63) is 24.0 Å². The zero-order valence-electron chi connectivity index (χ0n) is 11.1. The van der Waals surface area contributed by atoms with Crippen molar-refractivity contribution in [1.29, 1.82) is 0 Å². The van der Waals surface area contributed by atoms with E-state index < -0.39 is 0 Å². The average Bonchev–Trinajstić information content (AvgIpc) is 2.72. The zero-order valence-corrected chi connectivity index (χ0v) is 11.9. The van der Waals surface area contributed by atoms with Gasteiger partial charge in [-0.25, -0.2) is 0 Å². The molecule has 4 nitrogen and oxygen atoms in total. The van der Waals surface area contributed by atoms with Gasteiger partial charge in [-0.2, -0.15) is 0 Å². The first-order chi connectivity index (χ1) is 8.74. The smallest absolute Gasteiger partial charge is 0.191 e. The Bertz CT molecular complexity index is 521. The maximum atomic E-state index is 4.29. The van der Waals surface area contributed by atoms with Crippen LogP contribution in [0.1, 0.15) is 25.5 Å². The molecule has 0 aliphatic rings. The van der Waals surface area contributed by atoms with Crippen LogP contribution in [0.5, 0.6) is 0 Å². The molecule has 96 valence electrons. The number of rotatable bonds is 5. The third kappa shape index (κ3) is 2.72. The Hall–Kier alpha value is -1.36. The Balaban J connectivity index is 2.23. The first kappa shape index (κ1) is 13.1. The highest BCUT2D eigenvalue weighted by Crippen LogP contribution is 2.24. The molecule has 0 saturated carbocycles. The van der Waals surface area contributed by atoms with E-state index in [1.807, 2.05) is 30.7 Å². The molecule has 2 aromatic rings. The van der Waals surface area contributed by atoms with E-state index in [1.165, 1.54) is 12.8 Å². The molecular weight excluding hydrogens is 244 g/mol. The standard InChI is InChI=1S/C13H18N4S/c1-4-5-9-18-13-16-15-12(17(13)3)11-7-6-8-14-10(11)2/h6-8H,4-5,9H2,1-3H3. The fourth-order valence-corrected chi connectivity index (χ4v) is 2.70. The van der Waals surface area contributed by atoms with Crippen LogP contribution in [0.2, 0.25) is 0 Å². The summed E-state index contributed by atoms with van der Waals surface area (Å²) in [4.78, 5) is 4.29. The van der Waals surface area contributed by atoms with Crippen molar-refractivity contribution < 1.29 is 0 Å². The van der Waals surface area contributed by atoms with Gasteiger partial charge in [0.1, 0.15) is 0 Å². The highest BCUT2D eigenvalue weighted by molar-refractivity contribution is 7.99. The van der Waals surface area contributed by atoms with Crippen molar-refractivity contribution in [1.82, 2.24) is 19.7 Å². The molecule has 2 aromatic heterocycles. The minimum Gasteiger partial charge on any atom is -0.305 e. The molecule has 0 spiro atoms. The first-order valence-electron chi connectivity index (χ1n) is 6.18. The first-order valence-corrected chi connectivity index (χ1v) is 7.16. The predicted octanol–water partition coefficient (Wildman–Crippen LogP) is 3.08. The molecule has 0 aromatic carbocycles. The molecule has 0 saturated heterocycles. The Kier molecular flexibility index (Phi) is 4.36. The van der Waals surface area contributed by atoms with Crippen LogP contribution in [0, 0.1) is 6.92 Å². The highest BCUT2D eigenvalue weighted by atomic mass is 32.2. The molecule has 0 N–H and O–H groups in total. The number of nitrogens with zero attached hydrogens (tertiary/aromatic N) is 4. The second kappa shape index (κ2) is 6.00. The largest absolute Gasteiger partial charge is 0.305 e. The van der Waals surface area contributed by atoms with Crippen molar-refractivity contribution in [3.63, 3.8) is 0 Å². The van der Waals surface area contributed by atoms with Crippen LogP contribution in [-0.4, -0.2) is 25.5 Å². The Morgan fingerprint density at radius 2 is 2.17 bits per heavy atom. The summed E-state index contributed by atoms with van der Waals surface area (Å²) in [6.45, 7) is 4.19. The van der Waals surface area contributed by atoms with E-state index in [0.29, 0.717) is 0 Å². The second-order valence-electron chi connectivity index (χ2n) is 4.20. The van der Waals surface area contributed by atoms with Crippen LogP contribution >= 0.6 is 11.8 Å². The maximum absolute atomic E-state index is 4.29. The lowest BCUT2D eigenvalue weighted by Crippen LogP contribution is -1.97. The van der Waals surface area contributed by atoms with Gasteiger partial charge in [0.2, 0.25) is 0 Å². The number of unbranched alkanes of at least 4 members (excludes halogenated alkanes) is 1. The fraction of sp³-hybridized carbons (Fsp3) is 0.462. The molecular formula is C13H18N4S. The quantitative estimate of drug-likeness (QED) is 0.613. The van der Waals surface area contributed by atoms with Crippen molar-refractivity contribution in [2.75, 3.05) is 5.75 Å². The monoisotopic (exact) mass is 262 g/mol. The molecule has 0 radical (unpaired) electrons. The van der Waals surface area contributed by atoms with E-state index >= 15 is 0 Å². The fourth-order valence-electron chi connectivity index (χ4n) is 1.70. The molecule has 5 heteroatoms. The van der Waals surface area contributed by atoms with E-state index in [2.05, 4.69) is 22.1 Å². The third-order valence-corrected chi connectivity index (χ3v) is 3.92. The Morgan fingerprint density at radius 1 is 1.33 bits per heavy atom. The minimum atomic E-state index is 0.889. The molecule has 0 bridgehead atoms. The Morgan fingerprint density at radius 3 is 2.89 bits per heavy atom. The summed E-state index contributed by atoms with van der Waals surface area (Å²) >= 11 is 1.76. The molecule has 0 fully saturated rings. The summed E-state index contributed by atoms with van der Waals surface area (Å²) in [5, 5.41) is 9.50. The number of hydrogen-bond acceptors (Lipinski definition) is 4. The number of aryl methyl sites for hydroxylation is 1. The lowest BCUT2D eigenvalue weighted by atomic mass is 10.2. The van der Waals surface area contributed by atoms with Gasteiger partial charge in [-0.05, 0) is 25.5 Å². The zero-order chi connectivity index (χ0) is 13.0. The average molecular weight is 262 g/mol. The molecule has 0 aliphatic heterocycles. The number of pyridine rings is 1. The van der Waals surface area contributed by atoms with Crippen LogP contribution in [-0.2, 0) is 7.05 Å². The summed E-state index contributed by atoms with van der Waals surface area (Å²) in [7, 11) is 2.01. The van der Waals surface area contributed by atoms with Crippen molar-refractivity contribution in [2.24, 2.45) is 7.05 Å². The molecule has 0 aliphatic carbocycles. The SMILES string of the molecule is CCCCSc1nnc(-c2cccnc2C)n1C. The van der Waals surface area contributed by atoms with Gasteiger partial charge in [0.05, 0.1) is 0 Å². The predicted molar refractivity (Wildman–Crippen MR) is 74.6 cm³/mol. The van der Waals surface area contributed by atoms with E-state index in [1.54, 1.807) is 18.0 Å². The second-order valence-corrected chi connectivity index (χ2v) is 5.27. The molecule has 0 amide bonds. The lowest BCUT2D eigenvalue weighted by molar-refractivity contribution is 0.789. The van der Waals surface area contributed by atoms with Gasteiger partial charge in [-0.1, -0.05) is 25.1 Å². The highest BCUT2D eigenvalue weighted by Gasteiger charge is 2.12. The molecule has 0 unspecified atom stereocenters. The van der Waals surface area contributed by atoms with Gasteiger partial charge in [-0.3, -0.25) is 4.98 Å². The third-order valence-electron chi connectivity index (χ3n) is 2.81. The molecule has 18 heavy (non-hydrogen) atoms. The van der Waals surface area contributed by atoms with Gasteiger partial charge >= 0.3 is 0 Å². The van der Waals surface area contributed by atoms with Crippen molar-refractivity contribution in [2.45, 2.75) is 31.8 Å². The normalized spacial score (nSPS) is 10.8. The number of thioether (sulfide) groups is 1. The maximum Gasteiger partial charge on any atom is 0.191 e. The summed E-state index contributed by atoms with van der Waals surface area (Å²) in [6.07, 6.45) is 4.21. The van der Waals surface area contributed by atoms with Crippen LogP contribution in [0.3, 0.4) is 0 Å². The molecule has 2 rings (SSSR count). The van der Waals surface area contributed by atoms with Gasteiger partial charge < -0.3 is 4.57 Å². The van der Waals surface area contributed by atoms with E-state index in [4.69, 9.17) is 0 Å². The van der Waals surface area contributed by atoms with Crippen molar-refractivity contribution in [3.8, 4) is 11.4 Å².